The van der Waals surface area contributed by atoms with Crippen LogP contribution in [0.15, 0.2) is 47.3 Å². The molecular formula is C19H22N5O3+. The smallest absolute Gasteiger partial charge is 0.292 e. The number of anilines is 1. The van der Waals surface area contributed by atoms with Crippen LogP contribution in [-0.2, 0) is 0 Å². The van der Waals surface area contributed by atoms with Gasteiger partial charge in [0.15, 0.2) is 0 Å². The van der Waals surface area contributed by atoms with E-state index in [4.69, 9.17) is 0 Å². The second kappa shape index (κ2) is 7.96. The fraction of sp³-hybridized carbons (Fsp3) is 0.263. The van der Waals surface area contributed by atoms with Gasteiger partial charge in [0, 0.05) is 30.0 Å². The number of nitro benzene ring substituents is 1. The van der Waals surface area contributed by atoms with Gasteiger partial charge in [-0.15, -0.1) is 0 Å². The zero-order valence-corrected chi connectivity index (χ0v) is 15.3. The number of nitrogens with one attached hydrogen (secondary N) is 3. The number of fused-ring (bicyclic) bond motifs is 1. The fourth-order valence-electron chi connectivity index (χ4n) is 2.98. The van der Waals surface area contributed by atoms with Crippen LogP contribution in [0.1, 0.15) is 6.42 Å². The van der Waals surface area contributed by atoms with Gasteiger partial charge in [-0.05, 0) is 12.1 Å². The maximum atomic E-state index is 11.9. The lowest BCUT2D eigenvalue weighted by atomic mass is 10.0. The quantitative estimate of drug-likeness (QED) is 0.332. The van der Waals surface area contributed by atoms with Crippen LogP contribution >= 0.6 is 0 Å². The first-order chi connectivity index (χ1) is 13.0. The Morgan fingerprint density at radius 3 is 2.63 bits per heavy atom. The number of aromatic amines is 1. The molecule has 3 rings (SSSR count). The Hall–Kier alpha value is -3.26. The third kappa shape index (κ3) is 4.12. The molecule has 0 aliphatic heterocycles. The molecule has 0 aliphatic rings. The van der Waals surface area contributed by atoms with Gasteiger partial charge in [0.25, 0.3) is 11.2 Å². The van der Waals surface area contributed by atoms with Crippen molar-refractivity contribution in [1.82, 2.24) is 10.2 Å². The molecule has 0 aliphatic carbocycles. The molecule has 0 radical (unpaired) electrons. The van der Waals surface area contributed by atoms with Crippen LogP contribution in [-0.4, -0.2) is 42.3 Å². The van der Waals surface area contributed by atoms with Crippen molar-refractivity contribution in [3.8, 4) is 11.3 Å². The molecule has 0 atom stereocenters. The summed E-state index contributed by atoms with van der Waals surface area (Å²) in [5, 5.41) is 22.4. The Morgan fingerprint density at radius 2 is 1.93 bits per heavy atom. The number of nitro groups is 1. The van der Waals surface area contributed by atoms with Gasteiger partial charge in [0.2, 0.25) is 0 Å². The van der Waals surface area contributed by atoms with Crippen LogP contribution in [0.4, 0.5) is 11.4 Å². The van der Waals surface area contributed by atoms with Gasteiger partial charge < -0.3 is 10.2 Å². The Kier molecular flexibility index (Phi) is 5.46. The highest BCUT2D eigenvalue weighted by Crippen LogP contribution is 2.32. The minimum Gasteiger partial charge on any atom is -0.379 e. The van der Waals surface area contributed by atoms with Gasteiger partial charge in [-0.2, -0.15) is 5.10 Å². The van der Waals surface area contributed by atoms with Crippen molar-refractivity contribution in [3.05, 3.63) is 62.9 Å². The first kappa shape index (κ1) is 18.5. The van der Waals surface area contributed by atoms with Gasteiger partial charge in [-0.3, -0.25) is 14.9 Å². The van der Waals surface area contributed by atoms with Crippen molar-refractivity contribution < 1.29 is 9.82 Å². The standard InChI is InChI=1S/C19H21N5O3/c1-23(2)11-5-10-20-16-9-8-13(12-17(16)24(26)27)18-14-6-3-4-7-15(14)19(25)22-21-18/h3-4,6-9,12,20H,5,10-11H2,1-2H3,(H,22,25)/p+1. The van der Waals surface area contributed by atoms with Gasteiger partial charge >= 0.3 is 0 Å². The Balaban J connectivity index is 1.96. The highest BCUT2D eigenvalue weighted by molar-refractivity contribution is 5.94. The second-order valence-electron chi connectivity index (χ2n) is 6.67. The van der Waals surface area contributed by atoms with E-state index in [0.717, 1.165) is 13.0 Å². The summed E-state index contributed by atoms with van der Waals surface area (Å²) in [6, 6.07) is 12.0. The number of nitrogens with zero attached hydrogens (tertiary/aromatic N) is 2. The molecule has 0 bridgehead atoms. The molecule has 2 aromatic carbocycles. The Bertz CT molecular complexity index is 1030. The molecule has 3 N–H and O–H groups in total. The van der Waals surface area contributed by atoms with Crippen LogP contribution < -0.4 is 15.8 Å². The molecule has 0 saturated carbocycles. The molecule has 0 amide bonds. The van der Waals surface area contributed by atoms with Crippen molar-refractivity contribution in [1.29, 1.82) is 0 Å². The molecule has 140 valence electrons. The van der Waals surface area contributed by atoms with E-state index in [0.29, 0.717) is 34.3 Å². The van der Waals surface area contributed by atoms with E-state index in [1.54, 1.807) is 30.3 Å². The zero-order chi connectivity index (χ0) is 19.4. The van der Waals surface area contributed by atoms with Crippen molar-refractivity contribution in [3.63, 3.8) is 0 Å². The van der Waals surface area contributed by atoms with E-state index < -0.39 is 4.92 Å². The van der Waals surface area contributed by atoms with Gasteiger partial charge in [0.1, 0.15) is 5.69 Å². The van der Waals surface area contributed by atoms with E-state index in [1.165, 1.54) is 11.0 Å². The minimum atomic E-state index is -0.406. The maximum Gasteiger partial charge on any atom is 0.292 e. The van der Waals surface area contributed by atoms with Gasteiger partial charge in [0.05, 0.1) is 36.6 Å². The predicted molar refractivity (Wildman–Crippen MR) is 105 cm³/mol. The number of benzene rings is 2. The lowest BCUT2D eigenvalue weighted by Crippen LogP contribution is -3.05. The molecule has 8 heteroatoms. The number of H-pyrrole nitrogens is 1. The molecule has 0 saturated heterocycles. The van der Waals surface area contributed by atoms with Crippen LogP contribution in [0.2, 0.25) is 0 Å². The molecular weight excluding hydrogens is 346 g/mol. The fourth-order valence-corrected chi connectivity index (χ4v) is 2.98. The van der Waals surface area contributed by atoms with E-state index in [1.807, 2.05) is 6.07 Å². The molecule has 0 unspecified atom stereocenters. The third-order valence-corrected chi connectivity index (χ3v) is 4.33. The highest BCUT2D eigenvalue weighted by Gasteiger charge is 2.17. The molecule has 3 aromatic rings. The van der Waals surface area contributed by atoms with Crippen LogP contribution in [0.5, 0.6) is 0 Å². The predicted octanol–water partition coefficient (Wildman–Crippen LogP) is 1.44. The number of hydrogen-bond donors (Lipinski definition) is 3. The van der Waals surface area contributed by atoms with E-state index >= 15 is 0 Å². The Labute approximate surface area is 156 Å². The lowest BCUT2D eigenvalue weighted by molar-refractivity contribution is -0.858. The number of aromatic nitrogens is 2. The highest BCUT2D eigenvalue weighted by atomic mass is 16.6. The molecule has 1 aromatic heterocycles. The number of quaternary nitrogens is 1. The van der Waals surface area contributed by atoms with E-state index in [2.05, 4.69) is 29.6 Å². The van der Waals surface area contributed by atoms with Crippen molar-refractivity contribution >= 4 is 22.1 Å². The van der Waals surface area contributed by atoms with Crippen LogP contribution in [0.25, 0.3) is 22.0 Å². The monoisotopic (exact) mass is 368 g/mol. The SMILES string of the molecule is C[NH+](C)CCCNc1ccc(-c2n[nH]c(=O)c3ccccc23)cc1[N+](=O)[O-]. The molecule has 1 heterocycles. The normalized spacial score (nSPS) is 11.1. The average molecular weight is 368 g/mol. The zero-order valence-electron chi connectivity index (χ0n) is 15.3. The summed E-state index contributed by atoms with van der Waals surface area (Å²) in [5.74, 6) is 0. The molecule has 27 heavy (non-hydrogen) atoms. The maximum absolute atomic E-state index is 11.9. The first-order valence-corrected chi connectivity index (χ1v) is 8.76. The second-order valence-corrected chi connectivity index (χ2v) is 6.67. The molecule has 8 nitrogen and oxygen atoms in total. The van der Waals surface area contributed by atoms with E-state index in [-0.39, 0.29) is 11.2 Å². The molecule has 0 fully saturated rings. The minimum absolute atomic E-state index is 0.0122. The summed E-state index contributed by atoms with van der Waals surface area (Å²) >= 11 is 0. The summed E-state index contributed by atoms with van der Waals surface area (Å²) in [6.07, 6.45) is 0.910. The topological polar surface area (TPSA) is 105 Å². The number of hydrogen-bond acceptors (Lipinski definition) is 5. The third-order valence-electron chi connectivity index (χ3n) is 4.33. The van der Waals surface area contributed by atoms with E-state index in [9.17, 15) is 14.9 Å². The summed E-state index contributed by atoms with van der Waals surface area (Å²) in [6.45, 7) is 1.64. The average Bonchev–Trinajstić information content (AvgIpc) is 2.66. The first-order valence-electron chi connectivity index (χ1n) is 8.76. The van der Waals surface area contributed by atoms with Crippen molar-refractivity contribution in [2.45, 2.75) is 6.42 Å². The lowest BCUT2D eigenvalue weighted by Gasteiger charge is -2.11. The molecule has 0 spiro atoms. The van der Waals surface area contributed by atoms with Gasteiger partial charge in [-0.25, -0.2) is 5.10 Å². The largest absolute Gasteiger partial charge is 0.379 e. The Morgan fingerprint density at radius 1 is 1.19 bits per heavy atom. The van der Waals surface area contributed by atoms with Crippen molar-refractivity contribution in [2.24, 2.45) is 0 Å². The summed E-state index contributed by atoms with van der Waals surface area (Å²) in [4.78, 5) is 24.4. The summed E-state index contributed by atoms with van der Waals surface area (Å²) in [7, 11) is 4.14. The summed E-state index contributed by atoms with van der Waals surface area (Å²) < 4.78 is 0. The van der Waals surface area contributed by atoms with Crippen molar-refractivity contribution in [2.75, 3.05) is 32.5 Å². The van der Waals surface area contributed by atoms with Gasteiger partial charge in [-0.1, -0.05) is 24.3 Å². The number of rotatable bonds is 7. The van der Waals surface area contributed by atoms with Crippen LogP contribution in [0, 0.1) is 10.1 Å². The summed E-state index contributed by atoms with van der Waals surface area (Å²) in [5.41, 5.74) is 1.27. The van der Waals surface area contributed by atoms with Crippen LogP contribution in [0.3, 0.4) is 0 Å².